The van der Waals surface area contributed by atoms with Crippen LogP contribution >= 0.6 is 23.2 Å². The molecule has 2 saturated heterocycles. The van der Waals surface area contributed by atoms with Gasteiger partial charge in [0.2, 0.25) is 5.91 Å². The number of hydrogen-bond donors (Lipinski definition) is 1. The predicted octanol–water partition coefficient (Wildman–Crippen LogP) is 3.79. The highest BCUT2D eigenvalue weighted by molar-refractivity contribution is 6.39. The van der Waals surface area contributed by atoms with Crippen molar-refractivity contribution in [1.82, 2.24) is 5.32 Å². The fourth-order valence-corrected chi connectivity index (χ4v) is 5.27. The number of urea groups is 1. The summed E-state index contributed by atoms with van der Waals surface area (Å²) in [6.07, 6.45) is 1.79. The maximum absolute atomic E-state index is 13.9. The van der Waals surface area contributed by atoms with E-state index in [1.165, 1.54) is 12.1 Å². The molecular weight excluding hydrogens is 413 g/mol. The van der Waals surface area contributed by atoms with Crippen LogP contribution in [-0.2, 0) is 16.0 Å². The first kappa shape index (κ1) is 18.5. The molecule has 0 aliphatic carbocycles. The van der Waals surface area contributed by atoms with Crippen LogP contribution < -0.4 is 15.1 Å². The van der Waals surface area contributed by atoms with Crippen LogP contribution in [0.4, 0.5) is 16.2 Å². The number of para-hydroxylation sites is 1. The van der Waals surface area contributed by atoms with Crippen LogP contribution in [-0.4, -0.2) is 30.4 Å². The third-order valence-electron chi connectivity index (χ3n) is 6.15. The zero-order valence-electron chi connectivity index (χ0n) is 15.3. The average Bonchev–Trinajstić information content (AvgIpc) is 3.19. The second kappa shape index (κ2) is 6.47. The summed E-state index contributed by atoms with van der Waals surface area (Å²) in [6, 6.07) is 11.2. The van der Waals surface area contributed by atoms with Gasteiger partial charge in [0.1, 0.15) is 0 Å². The molecule has 3 heterocycles. The molecule has 29 heavy (non-hydrogen) atoms. The summed E-state index contributed by atoms with van der Waals surface area (Å²) in [4.78, 5) is 42.9. The second-order valence-electron chi connectivity index (χ2n) is 7.62. The lowest BCUT2D eigenvalue weighted by molar-refractivity contribution is -0.144. The second-order valence-corrected chi connectivity index (χ2v) is 8.47. The minimum absolute atomic E-state index is 0.178. The largest absolute Gasteiger partial charge is 0.367 e. The zero-order valence-corrected chi connectivity index (χ0v) is 16.8. The van der Waals surface area contributed by atoms with E-state index in [4.69, 9.17) is 23.2 Å². The van der Waals surface area contributed by atoms with E-state index in [1.807, 2.05) is 24.3 Å². The fourth-order valence-electron chi connectivity index (χ4n) is 4.91. The van der Waals surface area contributed by atoms with Gasteiger partial charge in [0, 0.05) is 17.3 Å². The van der Waals surface area contributed by atoms with Gasteiger partial charge in [-0.3, -0.25) is 14.9 Å². The van der Waals surface area contributed by atoms with E-state index in [-0.39, 0.29) is 23.2 Å². The van der Waals surface area contributed by atoms with Crippen molar-refractivity contribution < 1.29 is 14.4 Å². The van der Waals surface area contributed by atoms with Crippen LogP contribution in [0.2, 0.25) is 10.0 Å². The molecule has 0 aromatic heterocycles. The SMILES string of the molecule is O=C1NC(=O)[C@]2(Cc3ccccc3N3CCC[C@H]32)C(=O)N1c1cc(Cl)ccc1Cl. The highest BCUT2D eigenvalue weighted by Gasteiger charge is 2.63. The van der Waals surface area contributed by atoms with Gasteiger partial charge in [-0.05, 0) is 49.1 Å². The van der Waals surface area contributed by atoms with Crippen LogP contribution in [0.15, 0.2) is 42.5 Å². The van der Waals surface area contributed by atoms with Crippen molar-refractivity contribution in [3.8, 4) is 0 Å². The number of carbonyl (C=O) groups excluding carboxylic acids is 3. The van der Waals surface area contributed by atoms with E-state index in [2.05, 4.69) is 10.2 Å². The number of nitrogens with one attached hydrogen (secondary N) is 1. The Hall–Kier alpha value is -2.57. The topological polar surface area (TPSA) is 69.7 Å². The highest BCUT2D eigenvalue weighted by atomic mass is 35.5. The van der Waals surface area contributed by atoms with Gasteiger partial charge in [-0.2, -0.15) is 0 Å². The van der Waals surface area contributed by atoms with Gasteiger partial charge in [-0.15, -0.1) is 0 Å². The highest BCUT2D eigenvalue weighted by Crippen LogP contribution is 2.49. The Kier molecular flexibility index (Phi) is 4.12. The summed E-state index contributed by atoms with van der Waals surface area (Å²) >= 11 is 12.4. The van der Waals surface area contributed by atoms with E-state index in [0.717, 1.165) is 29.1 Å². The van der Waals surface area contributed by atoms with Crippen LogP contribution in [0.5, 0.6) is 0 Å². The van der Waals surface area contributed by atoms with Crippen molar-refractivity contribution in [2.24, 2.45) is 5.41 Å². The van der Waals surface area contributed by atoms with Gasteiger partial charge >= 0.3 is 6.03 Å². The summed E-state index contributed by atoms with van der Waals surface area (Å²) in [7, 11) is 0. The molecule has 8 heteroatoms. The number of benzene rings is 2. The van der Waals surface area contributed by atoms with Crippen molar-refractivity contribution in [2.75, 3.05) is 16.3 Å². The number of halogens is 2. The summed E-state index contributed by atoms with van der Waals surface area (Å²) in [5, 5.41) is 2.96. The van der Waals surface area contributed by atoms with Gasteiger partial charge in [0.25, 0.3) is 5.91 Å². The number of rotatable bonds is 1. The number of imide groups is 2. The molecule has 0 unspecified atom stereocenters. The van der Waals surface area contributed by atoms with Gasteiger partial charge in [-0.1, -0.05) is 41.4 Å². The van der Waals surface area contributed by atoms with Gasteiger partial charge < -0.3 is 4.90 Å². The zero-order chi connectivity index (χ0) is 20.3. The maximum Gasteiger partial charge on any atom is 0.335 e. The minimum Gasteiger partial charge on any atom is -0.367 e. The standard InChI is InChI=1S/C21H17Cl2N3O3/c22-13-7-8-14(23)16(10-13)26-19(28)21(18(27)24-20(26)29)11-12-4-1-2-5-15(12)25-9-3-6-17(21)25/h1-2,4-5,7-8,10,17H,3,6,9,11H2,(H,24,27,29)/t17-,21+/m0/s1. The molecular formula is C21H17Cl2N3O3. The number of carbonyl (C=O) groups is 3. The molecule has 3 aliphatic heterocycles. The molecule has 148 valence electrons. The molecule has 1 spiro atoms. The van der Waals surface area contributed by atoms with E-state index in [1.54, 1.807) is 6.07 Å². The normalized spacial score (nSPS) is 25.9. The van der Waals surface area contributed by atoms with Crippen molar-refractivity contribution in [2.45, 2.75) is 25.3 Å². The summed E-state index contributed by atoms with van der Waals surface area (Å²) in [5.74, 6) is -1.10. The van der Waals surface area contributed by atoms with E-state index >= 15 is 0 Å². The quantitative estimate of drug-likeness (QED) is 0.700. The van der Waals surface area contributed by atoms with Crippen molar-refractivity contribution in [3.63, 3.8) is 0 Å². The third-order valence-corrected chi connectivity index (χ3v) is 6.71. The first-order valence-electron chi connectivity index (χ1n) is 9.43. The summed E-state index contributed by atoms with van der Waals surface area (Å²) in [5.41, 5.74) is 0.743. The number of nitrogens with zero attached hydrogens (tertiary/aromatic N) is 2. The number of hydrogen-bond acceptors (Lipinski definition) is 4. The molecule has 4 amide bonds. The number of amides is 4. The molecule has 0 bridgehead atoms. The molecule has 0 radical (unpaired) electrons. The Labute approximate surface area is 177 Å². The van der Waals surface area contributed by atoms with Gasteiger partial charge in [0.15, 0.2) is 5.41 Å². The van der Waals surface area contributed by atoms with E-state index in [0.29, 0.717) is 11.4 Å². The third kappa shape index (κ3) is 2.52. The Morgan fingerprint density at radius 3 is 2.66 bits per heavy atom. The van der Waals surface area contributed by atoms with Crippen molar-refractivity contribution >= 4 is 52.4 Å². The fraction of sp³-hybridized carbons (Fsp3) is 0.286. The first-order chi connectivity index (χ1) is 13.9. The summed E-state index contributed by atoms with van der Waals surface area (Å²) < 4.78 is 0. The lowest BCUT2D eigenvalue weighted by Gasteiger charge is -2.49. The van der Waals surface area contributed by atoms with Gasteiger partial charge in [-0.25, -0.2) is 9.69 Å². The Bertz CT molecular complexity index is 1070. The van der Waals surface area contributed by atoms with Crippen LogP contribution in [0.1, 0.15) is 18.4 Å². The molecule has 6 nitrogen and oxygen atoms in total. The molecule has 0 saturated carbocycles. The van der Waals surface area contributed by atoms with Crippen LogP contribution in [0.25, 0.3) is 0 Å². The average molecular weight is 430 g/mol. The Morgan fingerprint density at radius 2 is 1.83 bits per heavy atom. The Balaban J connectivity index is 1.68. The smallest absolute Gasteiger partial charge is 0.335 e. The minimum atomic E-state index is -1.40. The molecule has 2 fully saturated rings. The first-order valence-corrected chi connectivity index (χ1v) is 10.2. The van der Waals surface area contributed by atoms with E-state index in [9.17, 15) is 14.4 Å². The van der Waals surface area contributed by atoms with Crippen LogP contribution in [0.3, 0.4) is 0 Å². The Morgan fingerprint density at radius 1 is 1.03 bits per heavy atom. The molecule has 3 aliphatic rings. The lowest BCUT2D eigenvalue weighted by atomic mass is 9.68. The van der Waals surface area contributed by atoms with Crippen molar-refractivity contribution in [3.05, 3.63) is 58.1 Å². The number of fused-ring (bicyclic) bond motifs is 4. The molecule has 2 aromatic rings. The maximum atomic E-state index is 13.9. The lowest BCUT2D eigenvalue weighted by Crippen LogP contribution is -2.71. The molecule has 5 rings (SSSR count). The molecule has 1 N–H and O–H groups in total. The van der Waals surface area contributed by atoms with Crippen molar-refractivity contribution in [1.29, 1.82) is 0 Å². The van der Waals surface area contributed by atoms with Gasteiger partial charge in [0.05, 0.1) is 16.8 Å². The monoisotopic (exact) mass is 429 g/mol. The van der Waals surface area contributed by atoms with E-state index < -0.39 is 23.3 Å². The van der Waals surface area contributed by atoms with Crippen LogP contribution in [0, 0.1) is 5.41 Å². The number of anilines is 2. The molecule has 2 atom stereocenters. The molecule has 2 aromatic carbocycles. The summed E-state index contributed by atoms with van der Waals surface area (Å²) in [6.45, 7) is 0.760. The predicted molar refractivity (Wildman–Crippen MR) is 110 cm³/mol. The number of barbiturate groups is 1.